The van der Waals surface area contributed by atoms with Gasteiger partial charge in [0.15, 0.2) is 0 Å². The minimum atomic E-state index is -0.123. The molecule has 130 valence electrons. The lowest BCUT2D eigenvalue weighted by atomic mass is 10.0. The van der Waals surface area contributed by atoms with Gasteiger partial charge in [0.05, 0.1) is 23.0 Å². The molecule has 0 spiro atoms. The van der Waals surface area contributed by atoms with Crippen LogP contribution < -0.4 is 10.3 Å². The fraction of sp³-hybridized carbons (Fsp3) is 0.150. The highest BCUT2D eigenvalue weighted by molar-refractivity contribution is 7.09. The number of ether oxygens (including phenoxy) is 1. The quantitative estimate of drug-likeness (QED) is 0.596. The van der Waals surface area contributed by atoms with Crippen LogP contribution in [0.3, 0.4) is 0 Å². The first-order valence-electron chi connectivity index (χ1n) is 8.20. The van der Waals surface area contributed by atoms with Crippen LogP contribution in [0, 0.1) is 6.92 Å². The van der Waals surface area contributed by atoms with Crippen LogP contribution in [0.25, 0.3) is 22.0 Å². The Hall–Kier alpha value is -2.99. The van der Waals surface area contributed by atoms with Crippen LogP contribution >= 0.6 is 11.3 Å². The molecule has 0 saturated carbocycles. The van der Waals surface area contributed by atoms with Gasteiger partial charge in [-0.3, -0.25) is 4.79 Å². The van der Waals surface area contributed by atoms with Gasteiger partial charge in [-0.25, -0.2) is 9.97 Å². The molecule has 0 aliphatic carbocycles. The maximum Gasteiger partial charge on any atom is 0.258 e. The molecule has 2 aromatic heterocycles. The molecule has 2 aromatic carbocycles. The Kier molecular flexibility index (Phi) is 4.26. The summed E-state index contributed by atoms with van der Waals surface area (Å²) in [6, 6.07) is 11.8. The average Bonchev–Trinajstić information content (AvgIpc) is 3.15. The molecule has 0 saturated heterocycles. The third-order valence-corrected chi connectivity index (χ3v) is 5.05. The van der Waals surface area contributed by atoms with Gasteiger partial charge < -0.3 is 9.72 Å². The molecule has 0 aliphatic heterocycles. The summed E-state index contributed by atoms with van der Waals surface area (Å²) in [5.41, 5.74) is 3.60. The summed E-state index contributed by atoms with van der Waals surface area (Å²) < 4.78 is 5.58. The van der Waals surface area contributed by atoms with E-state index in [9.17, 15) is 4.79 Å². The molecule has 0 aliphatic rings. The largest absolute Gasteiger partial charge is 0.496 e. The molecule has 4 rings (SSSR count). The summed E-state index contributed by atoms with van der Waals surface area (Å²) in [6.45, 7) is 1.78. The highest BCUT2D eigenvalue weighted by Gasteiger charge is 2.10. The van der Waals surface area contributed by atoms with Crippen molar-refractivity contribution in [3.8, 4) is 16.9 Å². The van der Waals surface area contributed by atoms with Crippen molar-refractivity contribution in [2.75, 3.05) is 7.11 Å². The molecule has 0 amide bonds. The van der Waals surface area contributed by atoms with Gasteiger partial charge in [-0.15, -0.1) is 11.3 Å². The Morgan fingerprint density at radius 2 is 1.96 bits per heavy atom. The maximum atomic E-state index is 12.2. The second-order valence-corrected chi connectivity index (χ2v) is 6.99. The number of methoxy groups -OCH3 is 1. The number of fused-ring (bicyclic) bond motifs is 1. The molecule has 4 aromatic rings. The number of hydrogen-bond acceptors (Lipinski definition) is 5. The van der Waals surface area contributed by atoms with Gasteiger partial charge >= 0.3 is 0 Å². The number of H-pyrrole nitrogens is 1. The summed E-state index contributed by atoms with van der Waals surface area (Å²) in [4.78, 5) is 23.7. The van der Waals surface area contributed by atoms with Crippen molar-refractivity contribution in [3.63, 3.8) is 0 Å². The SMILES string of the molecule is COc1cc(-c2ccc3nc(C)[nH]c(=O)c3c2)ccc1Cc1nccs1. The summed E-state index contributed by atoms with van der Waals surface area (Å²) in [5, 5.41) is 3.60. The van der Waals surface area contributed by atoms with E-state index in [1.54, 1.807) is 25.4 Å². The van der Waals surface area contributed by atoms with Crippen molar-refractivity contribution >= 4 is 22.2 Å². The Labute approximate surface area is 154 Å². The molecule has 1 N–H and O–H groups in total. The number of aromatic nitrogens is 3. The molecule has 2 heterocycles. The van der Waals surface area contributed by atoms with Crippen LogP contribution in [0.4, 0.5) is 0 Å². The summed E-state index contributed by atoms with van der Waals surface area (Å²) >= 11 is 1.63. The van der Waals surface area contributed by atoms with E-state index in [0.717, 1.165) is 33.9 Å². The van der Waals surface area contributed by atoms with E-state index in [2.05, 4.69) is 21.0 Å². The molecule has 0 bridgehead atoms. The predicted octanol–water partition coefficient (Wildman–Crippen LogP) is 3.95. The van der Waals surface area contributed by atoms with Crippen molar-refractivity contribution in [1.29, 1.82) is 0 Å². The van der Waals surface area contributed by atoms with E-state index < -0.39 is 0 Å². The minimum absolute atomic E-state index is 0.123. The van der Waals surface area contributed by atoms with Gasteiger partial charge in [0.2, 0.25) is 0 Å². The average molecular weight is 363 g/mol. The van der Waals surface area contributed by atoms with Crippen LogP contribution in [0.1, 0.15) is 16.4 Å². The van der Waals surface area contributed by atoms with E-state index in [-0.39, 0.29) is 5.56 Å². The van der Waals surface area contributed by atoms with Crippen LogP contribution in [0.2, 0.25) is 0 Å². The van der Waals surface area contributed by atoms with Crippen LogP contribution in [0.5, 0.6) is 5.75 Å². The molecule has 5 nitrogen and oxygen atoms in total. The van der Waals surface area contributed by atoms with Crippen molar-refractivity contribution in [2.24, 2.45) is 0 Å². The van der Waals surface area contributed by atoms with Crippen molar-refractivity contribution in [1.82, 2.24) is 15.0 Å². The lowest BCUT2D eigenvalue weighted by Crippen LogP contribution is -2.09. The number of thiazole rings is 1. The summed E-state index contributed by atoms with van der Waals surface area (Å²) in [5.74, 6) is 1.43. The Morgan fingerprint density at radius 3 is 2.73 bits per heavy atom. The van der Waals surface area contributed by atoms with Gasteiger partial charge in [0, 0.05) is 23.6 Å². The lowest BCUT2D eigenvalue weighted by Gasteiger charge is -2.11. The highest BCUT2D eigenvalue weighted by atomic mass is 32.1. The number of benzene rings is 2. The predicted molar refractivity (Wildman–Crippen MR) is 104 cm³/mol. The minimum Gasteiger partial charge on any atom is -0.496 e. The number of aryl methyl sites for hydroxylation is 1. The zero-order valence-corrected chi connectivity index (χ0v) is 15.3. The summed E-state index contributed by atoms with van der Waals surface area (Å²) in [7, 11) is 1.67. The third-order valence-electron chi connectivity index (χ3n) is 4.27. The number of rotatable bonds is 4. The Balaban J connectivity index is 1.76. The second kappa shape index (κ2) is 6.72. The van der Waals surface area contributed by atoms with Gasteiger partial charge in [0.1, 0.15) is 11.6 Å². The molecule has 26 heavy (non-hydrogen) atoms. The highest BCUT2D eigenvalue weighted by Crippen LogP contribution is 2.30. The first-order valence-corrected chi connectivity index (χ1v) is 9.08. The van der Waals surface area contributed by atoms with E-state index >= 15 is 0 Å². The first-order chi connectivity index (χ1) is 12.6. The molecule has 0 fully saturated rings. The number of nitrogens with zero attached hydrogens (tertiary/aromatic N) is 2. The van der Waals surface area contributed by atoms with E-state index in [0.29, 0.717) is 16.7 Å². The number of nitrogens with one attached hydrogen (secondary N) is 1. The van der Waals surface area contributed by atoms with Crippen molar-refractivity contribution < 1.29 is 4.74 Å². The molecule has 0 radical (unpaired) electrons. The number of aromatic amines is 1. The van der Waals surface area contributed by atoms with E-state index in [4.69, 9.17) is 4.74 Å². The molecule has 0 atom stereocenters. The normalized spacial score (nSPS) is 11.0. The third kappa shape index (κ3) is 3.11. The lowest BCUT2D eigenvalue weighted by molar-refractivity contribution is 0.410. The molecule has 6 heteroatoms. The fourth-order valence-corrected chi connectivity index (χ4v) is 3.65. The smallest absolute Gasteiger partial charge is 0.258 e. The van der Waals surface area contributed by atoms with Crippen molar-refractivity contribution in [3.05, 3.63) is 74.7 Å². The zero-order chi connectivity index (χ0) is 18.1. The topological polar surface area (TPSA) is 67.9 Å². The van der Waals surface area contributed by atoms with Gasteiger partial charge in [-0.05, 0) is 36.2 Å². The Bertz CT molecular complexity index is 1130. The maximum absolute atomic E-state index is 12.2. The van der Waals surface area contributed by atoms with Crippen LogP contribution in [0.15, 0.2) is 52.8 Å². The first kappa shape index (κ1) is 16.5. The molecular formula is C20H17N3O2S. The van der Waals surface area contributed by atoms with E-state index in [1.807, 2.05) is 41.9 Å². The standard InChI is InChI=1S/C20H17N3O2S/c1-12-22-17-6-5-13(9-16(17)20(24)23-12)14-3-4-15(18(10-14)25-2)11-19-21-7-8-26-19/h3-10H,11H2,1-2H3,(H,22,23,24). The monoisotopic (exact) mass is 363 g/mol. The van der Waals surface area contributed by atoms with Gasteiger partial charge in [0.25, 0.3) is 5.56 Å². The second-order valence-electron chi connectivity index (χ2n) is 6.01. The fourth-order valence-electron chi connectivity index (χ4n) is 3.01. The van der Waals surface area contributed by atoms with E-state index in [1.165, 1.54) is 0 Å². The molecule has 0 unspecified atom stereocenters. The van der Waals surface area contributed by atoms with Gasteiger partial charge in [-0.2, -0.15) is 0 Å². The van der Waals surface area contributed by atoms with Crippen LogP contribution in [-0.2, 0) is 6.42 Å². The number of hydrogen-bond donors (Lipinski definition) is 1. The van der Waals surface area contributed by atoms with Crippen LogP contribution in [-0.4, -0.2) is 22.1 Å². The zero-order valence-electron chi connectivity index (χ0n) is 14.4. The van der Waals surface area contributed by atoms with Gasteiger partial charge in [-0.1, -0.05) is 18.2 Å². The summed E-state index contributed by atoms with van der Waals surface area (Å²) in [6.07, 6.45) is 2.55. The van der Waals surface area contributed by atoms with Crippen molar-refractivity contribution in [2.45, 2.75) is 13.3 Å². The Morgan fingerprint density at radius 1 is 1.15 bits per heavy atom. The molecular weight excluding hydrogens is 346 g/mol.